The first-order valence-electron chi connectivity index (χ1n) is 13.1. The van der Waals surface area contributed by atoms with Crippen molar-refractivity contribution in [3.8, 4) is 0 Å². The monoisotopic (exact) mass is 694 g/mol. The minimum atomic E-state index is -1.86. The normalized spacial score (nSPS) is 15.5. The summed E-state index contributed by atoms with van der Waals surface area (Å²) in [5.41, 5.74) is 10.1. The van der Waals surface area contributed by atoms with E-state index >= 15 is 0 Å². The molecule has 37 heavy (non-hydrogen) atoms. The summed E-state index contributed by atoms with van der Waals surface area (Å²) in [6, 6.07) is 8.90. The van der Waals surface area contributed by atoms with Crippen LogP contribution >= 0.6 is 0 Å². The standard InChI is InChI=1S/C21H24N2.C8H12.C3H9OSi.Ir/c1-14-9-16(3)20(17(4)10-14)22-7-8-23(13-22)21-18(5)11-15(2)12-19(21)6;1-2-4-6-8-7-5-3-1;1-5(2,3)4;/h7-12H,1-6H3;1-2,7-8H,3-6H2;1-3H3;/q;;-1;. The van der Waals surface area contributed by atoms with Gasteiger partial charge < -0.3 is 14.6 Å². The Morgan fingerprint density at radius 1 is 0.595 bits per heavy atom. The number of hydrogen-bond acceptors (Lipinski definition) is 3. The van der Waals surface area contributed by atoms with E-state index in [1.54, 1.807) is 19.6 Å². The molecule has 0 amide bonds. The average Bonchev–Trinajstić information content (AvgIpc) is 3.14. The van der Waals surface area contributed by atoms with Gasteiger partial charge in [0, 0.05) is 43.9 Å². The van der Waals surface area contributed by atoms with Gasteiger partial charge in [-0.15, -0.1) is 0 Å². The summed E-state index contributed by atoms with van der Waals surface area (Å²) in [6.07, 6.45) is 18.2. The molecule has 203 valence electrons. The first kappa shape index (κ1) is 33.6. The summed E-state index contributed by atoms with van der Waals surface area (Å²) in [5.74, 6) is 0. The zero-order valence-corrected chi connectivity index (χ0v) is 27.6. The third-order valence-corrected chi connectivity index (χ3v) is 5.67. The molecule has 5 heteroatoms. The largest absolute Gasteiger partial charge is 0.859 e. The molecule has 0 spiro atoms. The van der Waals surface area contributed by atoms with E-state index in [2.05, 4.69) is 120 Å². The Morgan fingerprint density at radius 3 is 1.08 bits per heavy atom. The van der Waals surface area contributed by atoms with Gasteiger partial charge in [-0.3, -0.25) is 0 Å². The van der Waals surface area contributed by atoms with Gasteiger partial charge in [-0.25, -0.2) is 0 Å². The van der Waals surface area contributed by atoms with Gasteiger partial charge in [0.2, 0.25) is 6.67 Å². The zero-order chi connectivity index (χ0) is 26.9. The molecule has 2 aromatic rings. The summed E-state index contributed by atoms with van der Waals surface area (Å²) < 4.78 is 0. The van der Waals surface area contributed by atoms with Crippen molar-refractivity contribution in [2.75, 3.05) is 9.80 Å². The molecule has 1 aliphatic carbocycles. The average molecular weight is 694 g/mol. The van der Waals surface area contributed by atoms with Crippen LogP contribution in [0.3, 0.4) is 0 Å². The smallest absolute Gasteiger partial charge is 0.217 e. The third kappa shape index (κ3) is 11.9. The van der Waals surface area contributed by atoms with Crippen molar-refractivity contribution in [2.24, 2.45) is 0 Å². The van der Waals surface area contributed by atoms with E-state index < -0.39 is 8.32 Å². The number of aryl methyl sites for hydroxylation is 6. The van der Waals surface area contributed by atoms with Crippen LogP contribution in [-0.4, -0.2) is 8.32 Å². The van der Waals surface area contributed by atoms with Crippen LogP contribution in [-0.2, 0) is 20.1 Å². The quantitative estimate of drug-likeness (QED) is 0.300. The second kappa shape index (κ2) is 15.9. The second-order valence-electron chi connectivity index (χ2n) is 10.8. The fourth-order valence-corrected chi connectivity index (χ4v) is 4.53. The molecule has 2 aliphatic rings. The van der Waals surface area contributed by atoms with E-state index in [4.69, 9.17) is 0 Å². The molecule has 2 aromatic carbocycles. The van der Waals surface area contributed by atoms with E-state index in [9.17, 15) is 4.80 Å². The molecule has 0 atom stereocenters. The van der Waals surface area contributed by atoms with Crippen molar-refractivity contribution in [3.63, 3.8) is 0 Å². The summed E-state index contributed by atoms with van der Waals surface area (Å²) in [5, 5.41) is 0. The van der Waals surface area contributed by atoms with Crippen LogP contribution in [0, 0.1) is 73.9 Å². The zero-order valence-electron chi connectivity index (χ0n) is 24.2. The van der Waals surface area contributed by atoms with Crippen molar-refractivity contribution in [1.29, 1.82) is 0 Å². The molecule has 7 radical (unpaired) electrons. The Balaban J connectivity index is 0.000000405. The van der Waals surface area contributed by atoms with Gasteiger partial charge in [0.15, 0.2) is 0 Å². The van der Waals surface area contributed by atoms with Gasteiger partial charge in [-0.2, -0.15) is 0 Å². The van der Waals surface area contributed by atoms with Crippen molar-refractivity contribution < 1.29 is 24.9 Å². The van der Waals surface area contributed by atoms with E-state index in [0.29, 0.717) is 0 Å². The summed E-state index contributed by atoms with van der Waals surface area (Å²) in [6.45, 7) is 21.7. The molecule has 4 rings (SSSR count). The van der Waals surface area contributed by atoms with Crippen molar-refractivity contribution in [1.82, 2.24) is 0 Å². The molecular weight excluding hydrogens is 649 g/mol. The molecule has 3 nitrogen and oxygen atoms in total. The molecule has 0 saturated heterocycles. The van der Waals surface area contributed by atoms with Crippen molar-refractivity contribution in [3.05, 3.63) is 102 Å². The minimum Gasteiger partial charge on any atom is -0.859 e. The van der Waals surface area contributed by atoms with Crippen LogP contribution in [0.25, 0.3) is 0 Å². The number of benzene rings is 2. The van der Waals surface area contributed by atoms with Gasteiger partial charge in [0.05, 0.1) is 0 Å². The van der Waals surface area contributed by atoms with Crippen LogP contribution in [0.15, 0.2) is 36.7 Å². The predicted molar refractivity (Wildman–Crippen MR) is 158 cm³/mol. The Labute approximate surface area is 242 Å². The molecular formula is C32H45IrN2OSi-. The minimum absolute atomic E-state index is 0. The Hall–Kier alpha value is -1.39. The summed E-state index contributed by atoms with van der Waals surface area (Å²) in [7, 11) is -1.86. The van der Waals surface area contributed by atoms with Gasteiger partial charge in [0.1, 0.15) is 0 Å². The van der Waals surface area contributed by atoms with Crippen LogP contribution in [0.5, 0.6) is 0 Å². The molecule has 0 bridgehead atoms. The molecule has 0 N–H and O–H groups in total. The van der Waals surface area contributed by atoms with E-state index in [-0.39, 0.29) is 20.1 Å². The number of rotatable bonds is 2. The molecule has 1 heterocycles. The molecule has 0 unspecified atom stereocenters. The number of hydrogen-bond donors (Lipinski definition) is 0. The van der Waals surface area contributed by atoms with Gasteiger partial charge in [0.25, 0.3) is 0 Å². The summed E-state index contributed by atoms with van der Waals surface area (Å²) in [4.78, 5) is 14.4. The van der Waals surface area contributed by atoms with Crippen LogP contribution in [0.2, 0.25) is 19.6 Å². The number of anilines is 2. The van der Waals surface area contributed by atoms with Crippen molar-refractivity contribution in [2.45, 2.75) is 86.9 Å². The van der Waals surface area contributed by atoms with E-state index in [0.717, 1.165) is 0 Å². The molecule has 1 fully saturated rings. The second-order valence-corrected chi connectivity index (χ2v) is 15.1. The van der Waals surface area contributed by atoms with Gasteiger partial charge in [-0.05, 0) is 115 Å². The first-order chi connectivity index (χ1) is 16.9. The number of nitrogens with zero attached hydrogens (tertiary/aromatic N) is 2. The summed E-state index contributed by atoms with van der Waals surface area (Å²) >= 11 is 0. The maximum atomic E-state index is 10.2. The van der Waals surface area contributed by atoms with Crippen LogP contribution < -0.4 is 14.6 Å². The Morgan fingerprint density at radius 2 is 0.838 bits per heavy atom. The van der Waals surface area contributed by atoms with Gasteiger partial charge >= 0.3 is 0 Å². The molecule has 1 saturated carbocycles. The molecule has 0 aromatic heterocycles. The molecule has 1 aliphatic heterocycles. The maximum Gasteiger partial charge on any atom is 0.217 e. The maximum absolute atomic E-state index is 10.2. The Bertz CT molecular complexity index is 871. The Kier molecular flexibility index (Phi) is 14.4. The fraction of sp³-hybridized carbons (Fsp3) is 0.406. The van der Waals surface area contributed by atoms with Gasteiger partial charge in [-0.1, -0.05) is 63.4 Å². The topological polar surface area (TPSA) is 29.5 Å². The van der Waals surface area contributed by atoms with Crippen molar-refractivity contribution >= 4 is 19.7 Å². The van der Waals surface area contributed by atoms with E-state index in [1.807, 2.05) is 0 Å². The van der Waals surface area contributed by atoms with E-state index in [1.165, 1.54) is 70.4 Å². The first-order valence-corrected chi connectivity index (χ1v) is 16.5. The predicted octanol–water partition coefficient (Wildman–Crippen LogP) is 7.89. The fourth-order valence-electron chi connectivity index (χ4n) is 4.53. The SMILES string of the molecule is C[Si](C)(C)[O-].Cc1cc(C)c(N2[C]N(c3c(C)cc(C)cc3C)C=C2)c(C)c1.[CH]1[CH]CC[CH][CH]CC1.[Ir]. The van der Waals surface area contributed by atoms with Crippen LogP contribution in [0.4, 0.5) is 11.4 Å². The van der Waals surface area contributed by atoms with Crippen LogP contribution in [0.1, 0.15) is 59.1 Å². The third-order valence-electron chi connectivity index (χ3n) is 5.67.